The van der Waals surface area contributed by atoms with Crippen molar-refractivity contribution in [3.8, 4) is 0 Å². The molecule has 0 amide bonds. The normalized spacial score (nSPS) is 12.5. The Morgan fingerprint density at radius 3 is 2.65 bits per heavy atom. The molecule has 0 bridgehead atoms. The number of nitrogens with zero attached hydrogens (tertiary/aromatic N) is 5. The molecule has 5 aromatic rings. The number of aryl methyl sites for hydroxylation is 2. The highest BCUT2D eigenvalue weighted by Crippen LogP contribution is 2.28. The van der Waals surface area contributed by atoms with Crippen molar-refractivity contribution in [2.24, 2.45) is 0 Å². The van der Waals surface area contributed by atoms with Crippen LogP contribution in [-0.2, 0) is 19.6 Å². The third kappa shape index (κ3) is 5.38. The van der Waals surface area contributed by atoms with Crippen LogP contribution in [0.3, 0.4) is 0 Å². The van der Waals surface area contributed by atoms with Crippen molar-refractivity contribution >= 4 is 22.2 Å². The lowest BCUT2D eigenvalue weighted by Crippen LogP contribution is -2.32. The molecule has 3 heterocycles. The Bertz CT molecular complexity index is 1560. The number of aromatic nitrogens is 5. The molecule has 1 N–H and O–H groups in total. The summed E-state index contributed by atoms with van der Waals surface area (Å²) in [5.41, 5.74) is 4.64. The van der Waals surface area contributed by atoms with E-state index in [1.807, 2.05) is 26.0 Å². The molecule has 9 heteroatoms. The van der Waals surface area contributed by atoms with Gasteiger partial charge in [0.15, 0.2) is 5.82 Å². The largest absolute Gasteiger partial charge is 0.321 e. The number of hydrogen-bond acceptors (Lipinski definition) is 6. The number of tetrazole rings is 1. The number of benzene rings is 2. The zero-order valence-corrected chi connectivity index (χ0v) is 21.9. The lowest BCUT2D eigenvalue weighted by Gasteiger charge is -2.30. The van der Waals surface area contributed by atoms with Crippen molar-refractivity contribution < 1.29 is 4.39 Å². The molecular weight excluding hydrogens is 487 g/mol. The predicted octanol–water partition coefficient (Wildman–Crippen LogP) is 5.53. The summed E-state index contributed by atoms with van der Waals surface area (Å²) in [4.78, 5) is 19.8. The van der Waals surface area contributed by atoms with Gasteiger partial charge in [-0.2, -0.15) is 0 Å². The molecule has 1 unspecified atom stereocenters. The maximum atomic E-state index is 13.4. The van der Waals surface area contributed by atoms with Gasteiger partial charge >= 0.3 is 0 Å². The summed E-state index contributed by atoms with van der Waals surface area (Å²) < 4.78 is 15.2. The Kier molecular flexibility index (Phi) is 7.25. The minimum atomic E-state index is -0.278. The number of pyridine rings is 1. The summed E-state index contributed by atoms with van der Waals surface area (Å²) in [5.74, 6) is 0.437. The zero-order chi connectivity index (χ0) is 25.9. The summed E-state index contributed by atoms with van der Waals surface area (Å²) in [7, 11) is 0. The molecular formula is C28H29FN6OS. The average Bonchev–Trinajstić information content (AvgIpc) is 3.57. The van der Waals surface area contributed by atoms with Crippen LogP contribution in [-0.4, -0.2) is 30.1 Å². The SMILES string of the molecule is CCC(c1nnnn1Cc1ccc(F)cc1)N(Cc1cccs1)Cc1cc2ccc(C)c(C)c2[nH]c1=O. The molecule has 0 spiro atoms. The van der Waals surface area contributed by atoms with Gasteiger partial charge in [0.1, 0.15) is 5.82 Å². The second kappa shape index (κ2) is 10.7. The van der Waals surface area contributed by atoms with Gasteiger partial charge in [0.2, 0.25) is 0 Å². The lowest BCUT2D eigenvalue weighted by atomic mass is 10.0. The molecule has 5 rings (SSSR count). The highest BCUT2D eigenvalue weighted by atomic mass is 32.1. The molecule has 0 aliphatic carbocycles. The number of halogens is 1. The molecule has 0 aliphatic rings. The molecule has 37 heavy (non-hydrogen) atoms. The monoisotopic (exact) mass is 516 g/mol. The van der Waals surface area contributed by atoms with E-state index in [0.29, 0.717) is 31.0 Å². The highest BCUT2D eigenvalue weighted by molar-refractivity contribution is 7.09. The lowest BCUT2D eigenvalue weighted by molar-refractivity contribution is 0.163. The molecule has 2 aromatic carbocycles. The number of nitrogens with one attached hydrogen (secondary N) is 1. The minimum absolute atomic E-state index is 0.0851. The van der Waals surface area contributed by atoms with Crippen molar-refractivity contribution in [3.05, 3.63) is 109 Å². The third-order valence-electron chi connectivity index (χ3n) is 6.87. The van der Waals surface area contributed by atoms with Crippen LogP contribution in [0.1, 0.15) is 52.3 Å². The second-order valence-electron chi connectivity index (χ2n) is 9.32. The zero-order valence-electron chi connectivity index (χ0n) is 21.1. The van der Waals surface area contributed by atoms with Gasteiger partial charge < -0.3 is 4.98 Å². The average molecular weight is 517 g/mol. The van der Waals surface area contributed by atoms with E-state index in [0.717, 1.165) is 34.0 Å². The first-order valence-electron chi connectivity index (χ1n) is 12.3. The van der Waals surface area contributed by atoms with Crippen molar-refractivity contribution in [1.82, 2.24) is 30.1 Å². The van der Waals surface area contributed by atoms with E-state index in [9.17, 15) is 9.18 Å². The van der Waals surface area contributed by atoms with Crippen molar-refractivity contribution in [3.63, 3.8) is 0 Å². The van der Waals surface area contributed by atoms with Gasteiger partial charge in [-0.1, -0.05) is 37.3 Å². The first kappa shape index (κ1) is 25.0. The molecule has 0 radical (unpaired) electrons. The summed E-state index contributed by atoms with van der Waals surface area (Å²) >= 11 is 1.68. The summed E-state index contributed by atoms with van der Waals surface area (Å²) in [6, 6.07) is 16.5. The number of fused-ring (bicyclic) bond motifs is 1. The highest BCUT2D eigenvalue weighted by Gasteiger charge is 2.26. The van der Waals surface area contributed by atoms with Gasteiger partial charge in [-0.3, -0.25) is 9.69 Å². The molecule has 3 aromatic heterocycles. The van der Waals surface area contributed by atoms with E-state index in [-0.39, 0.29) is 17.4 Å². The summed E-state index contributed by atoms with van der Waals surface area (Å²) in [5, 5.41) is 15.7. The van der Waals surface area contributed by atoms with Crippen LogP contribution in [0.5, 0.6) is 0 Å². The van der Waals surface area contributed by atoms with E-state index in [1.165, 1.54) is 17.0 Å². The van der Waals surface area contributed by atoms with E-state index in [1.54, 1.807) is 28.2 Å². The second-order valence-corrected chi connectivity index (χ2v) is 10.4. The van der Waals surface area contributed by atoms with Gasteiger partial charge in [0, 0.05) is 23.5 Å². The fourth-order valence-corrected chi connectivity index (χ4v) is 5.44. The Labute approximate surface area is 218 Å². The molecule has 0 saturated heterocycles. The molecule has 0 saturated carbocycles. The molecule has 7 nitrogen and oxygen atoms in total. The first-order chi connectivity index (χ1) is 17.9. The van der Waals surface area contributed by atoms with Crippen molar-refractivity contribution in [2.45, 2.75) is 52.9 Å². The van der Waals surface area contributed by atoms with E-state index in [2.05, 4.69) is 55.9 Å². The maximum Gasteiger partial charge on any atom is 0.252 e. The number of H-pyrrole nitrogens is 1. The van der Waals surface area contributed by atoms with Gasteiger partial charge in [-0.15, -0.1) is 16.4 Å². The number of hydrogen-bond donors (Lipinski definition) is 1. The Morgan fingerprint density at radius 1 is 1.11 bits per heavy atom. The number of thiophene rings is 1. The van der Waals surface area contributed by atoms with Crippen LogP contribution in [0, 0.1) is 19.7 Å². The quantitative estimate of drug-likeness (QED) is 0.279. The summed E-state index contributed by atoms with van der Waals surface area (Å²) in [6.45, 7) is 7.71. The van der Waals surface area contributed by atoms with Crippen LogP contribution in [0.15, 0.2) is 64.8 Å². The smallest absolute Gasteiger partial charge is 0.252 e. The van der Waals surface area contributed by atoms with Crippen LogP contribution in [0.2, 0.25) is 0 Å². The van der Waals surface area contributed by atoms with E-state index >= 15 is 0 Å². The molecule has 0 aliphatic heterocycles. The maximum absolute atomic E-state index is 13.4. The number of rotatable bonds is 9. The van der Waals surface area contributed by atoms with Crippen LogP contribution < -0.4 is 5.56 Å². The van der Waals surface area contributed by atoms with Gasteiger partial charge in [-0.25, -0.2) is 9.07 Å². The first-order valence-corrected chi connectivity index (χ1v) is 13.2. The van der Waals surface area contributed by atoms with E-state index < -0.39 is 0 Å². The Hall–Kier alpha value is -3.69. The van der Waals surface area contributed by atoms with Gasteiger partial charge in [0.05, 0.1) is 18.1 Å². The Balaban J connectivity index is 1.50. The number of aromatic amines is 1. The molecule has 0 fully saturated rings. The van der Waals surface area contributed by atoms with Crippen LogP contribution >= 0.6 is 11.3 Å². The predicted molar refractivity (Wildman–Crippen MR) is 144 cm³/mol. The summed E-state index contributed by atoms with van der Waals surface area (Å²) in [6.07, 6.45) is 0.749. The van der Waals surface area contributed by atoms with Gasteiger partial charge in [0.25, 0.3) is 5.56 Å². The fraction of sp³-hybridized carbons (Fsp3) is 0.286. The Morgan fingerprint density at radius 2 is 1.92 bits per heavy atom. The van der Waals surface area contributed by atoms with Crippen molar-refractivity contribution in [1.29, 1.82) is 0 Å². The molecule has 190 valence electrons. The third-order valence-corrected chi connectivity index (χ3v) is 7.73. The fourth-order valence-electron chi connectivity index (χ4n) is 4.71. The van der Waals surface area contributed by atoms with Crippen molar-refractivity contribution in [2.75, 3.05) is 0 Å². The molecule has 1 atom stereocenters. The van der Waals surface area contributed by atoms with Crippen LogP contribution in [0.25, 0.3) is 10.9 Å². The van der Waals surface area contributed by atoms with E-state index in [4.69, 9.17) is 0 Å². The topological polar surface area (TPSA) is 79.7 Å². The minimum Gasteiger partial charge on any atom is -0.321 e. The standard InChI is InChI=1S/C28H29FN6OS/c1-4-25(27-31-32-33-35(27)15-20-8-11-23(29)12-9-20)34(17-24-6-5-13-37-24)16-22-14-21-10-7-18(2)19(3)26(21)30-28(22)36/h5-14,25H,4,15-17H2,1-3H3,(H,30,36). The van der Waals surface area contributed by atoms with Gasteiger partial charge in [-0.05, 0) is 82.4 Å². The van der Waals surface area contributed by atoms with Crippen LogP contribution in [0.4, 0.5) is 4.39 Å².